The number of carbonyl (C=O) groups excluding carboxylic acids is 1. The molecule has 0 spiro atoms. The topological polar surface area (TPSA) is 58.1 Å². The fourth-order valence-corrected chi connectivity index (χ4v) is 6.39. The van der Waals surface area contributed by atoms with Gasteiger partial charge in [0.05, 0.1) is 10.5 Å². The summed E-state index contributed by atoms with van der Waals surface area (Å²) < 4.78 is 0.482. The van der Waals surface area contributed by atoms with Crippen molar-refractivity contribution < 1.29 is 4.79 Å². The molecule has 4 rings (SSSR count). The number of hydrogen-bond donors (Lipinski definition) is 1. The minimum Gasteiger partial charge on any atom is -0.340 e. The van der Waals surface area contributed by atoms with Crippen molar-refractivity contribution in [2.24, 2.45) is 5.92 Å². The van der Waals surface area contributed by atoms with Gasteiger partial charge in [-0.15, -0.1) is 23.5 Å². The van der Waals surface area contributed by atoms with E-state index in [2.05, 4.69) is 32.3 Å². The second-order valence-corrected chi connectivity index (χ2v) is 9.60. The molecule has 7 heteroatoms. The standard InChI is InChI=1S/C20H24N4OS2/c25-18(16-6-2-10-24(14-16)20-21-8-3-9-22-20)23-17-7-1-5-15(13-17)19-26-11-4-12-27-19/h1,3,5,7-9,13,16,19H,2,4,6,10-12,14H2,(H,23,25)/t16-/m1/s1. The Labute approximate surface area is 168 Å². The first-order chi connectivity index (χ1) is 13.3. The lowest BCUT2D eigenvalue weighted by molar-refractivity contribution is -0.120. The van der Waals surface area contributed by atoms with E-state index >= 15 is 0 Å². The molecule has 2 aromatic rings. The van der Waals surface area contributed by atoms with Crippen molar-refractivity contribution in [3.8, 4) is 0 Å². The normalized spacial score (nSPS) is 21.0. The number of aromatic nitrogens is 2. The van der Waals surface area contributed by atoms with E-state index in [0.29, 0.717) is 17.1 Å². The lowest BCUT2D eigenvalue weighted by atomic mass is 9.97. The van der Waals surface area contributed by atoms with Crippen molar-refractivity contribution in [1.82, 2.24) is 9.97 Å². The van der Waals surface area contributed by atoms with Gasteiger partial charge in [-0.05, 0) is 54.5 Å². The molecule has 2 aliphatic rings. The number of carbonyl (C=O) groups is 1. The van der Waals surface area contributed by atoms with Crippen molar-refractivity contribution in [3.05, 3.63) is 48.3 Å². The zero-order valence-electron chi connectivity index (χ0n) is 15.2. The molecule has 2 saturated heterocycles. The van der Waals surface area contributed by atoms with Gasteiger partial charge in [-0.3, -0.25) is 4.79 Å². The van der Waals surface area contributed by atoms with Gasteiger partial charge in [0, 0.05) is 31.2 Å². The predicted octanol–water partition coefficient (Wildman–Crippen LogP) is 4.20. The Hall–Kier alpha value is -1.73. The number of anilines is 2. The Kier molecular flexibility index (Phi) is 6.19. The minimum atomic E-state index is -0.0374. The van der Waals surface area contributed by atoms with Crippen LogP contribution in [0.4, 0.5) is 11.6 Å². The molecule has 1 aromatic carbocycles. The van der Waals surface area contributed by atoms with E-state index in [1.807, 2.05) is 41.7 Å². The first kappa shape index (κ1) is 18.6. The molecule has 3 heterocycles. The van der Waals surface area contributed by atoms with E-state index in [4.69, 9.17) is 0 Å². The van der Waals surface area contributed by atoms with Crippen molar-refractivity contribution in [2.75, 3.05) is 34.8 Å². The molecule has 2 aliphatic heterocycles. The van der Waals surface area contributed by atoms with Crippen molar-refractivity contribution >= 4 is 41.1 Å². The fraction of sp³-hybridized carbons (Fsp3) is 0.450. The summed E-state index contributed by atoms with van der Waals surface area (Å²) in [5.74, 6) is 3.20. The van der Waals surface area contributed by atoms with Crippen molar-refractivity contribution in [3.63, 3.8) is 0 Å². The van der Waals surface area contributed by atoms with Gasteiger partial charge in [0.2, 0.25) is 11.9 Å². The zero-order valence-corrected chi connectivity index (χ0v) is 16.8. The maximum Gasteiger partial charge on any atom is 0.229 e. The smallest absolute Gasteiger partial charge is 0.229 e. The Morgan fingerprint density at radius 2 is 1.93 bits per heavy atom. The molecule has 1 amide bonds. The van der Waals surface area contributed by atoms with Gasteiger partial charge in [-0.25, -0.2) is 9.97 Å². The summed E-state index contributed by atoms with van der Waals surface area (Å²) in [6.07, 6.45) is 6.66. The maximum absolute atomic E-state index is 12.8. The molecular formula is C20H24N4OS2. The average molecular weight is 401 g/mol. The molecule has 2 fully saturated rings. The molecule has 5 nitrogen and oxygen atoms in total. The SMILES string of the molecule is O=C(Nc1cccc(C2SCCCS2)c1)[C@@H]1CCCN(c2ncccn2)C1. The second kappa shape index (κ2) is 8.97. The number of thioether (sulfide) groups is 2. The number of rotatable bonds is 4. The highest BCUT2D eigenvalue weighted by atomic mass is 32.2. The molecule has 0 radical (unpaired) electrons. The molecule has 27 heavy (non-hydrogen) atoms. The Balaban J connectivity index is 1.40. The summed E-state index contributed by atoms with van der Waals surface area (Å²) in [5, 5.41) is 3.14. The molecular weight excluding hydrogens is 376 g/mol. The van der Waals surface area contributed by atoms with Crippen LogP contribution in [0.5, 0.6) is 0 Å². The summed E-state index contributed by atoms with van der Waals surface area (Å²) in [6, 6.07) is 10.1. The molecule has 0 bridgehead atoms. The number of piperidine rings is 1. The first-order valence-corrected chi connectivity index (χ1v) is 11.6. The van der Waals surface area contributed by atoms with Crippen LogP contribution < -0.4 is 10.2 Å². The summed E-state index contributed by atoms with van der Waals surface area (Å²) >= 11 is 4.00. The number of nitrogens with one attached hydrogen (secondary N) is 1. The first-order valence-electron chi connectivity index (χ1n) is 9.45. The number of amides is 1. The number of benzene rings is 1. The molecule has 1 N–H and O–H groups in total. The van der Waals surface area contributed by atoms with Gasteiger partial charge in [-0.1, -0.05) is 12.1 Å². The van der Waals surface area contributed by atoms with E-state index in [1.165, 1.54) is 23.5 Å². The Morgan fingerprint density at radius 1 is 1.11 bits per heavy atom. The predicted molar refractivity (Wildman–Crippen MR) is 114 cm³/mol. The highest BCUT2D eigenvalue weighted by molar-refractivity contribution is 8.16. The molecule has 0 aliphatic carbocycles. The summed E-state index contributed by atoms with van der Waals surface area (Å²) in [7, 11) is 0. The minimum absolute atomic E-state index is 0.0374. The Morgan fingerprint density at radius 3 is 2.74 bits per heavy atom. The molecule has 0 saturated carbocycles. The van der Waals surface area contributed by atoms with E-state index in [0.717, 1.165) is 25.1 Å². The van der Waals surface area contributed by atoms with Crippen LogP contribution in [-0.4, -0.2) is 40.5 Å². The molecule has 0 unspecified atom stereocenters. The van der Waals surface area contributed by atoms with E-state index in [-0.39, 0.29) is 11.8 Å². The summed E-state index contributed by atoms with van der Waals surface area (Å²) in [5.41, 5.74) is 2.20. The van der Waals surface area contributed by atoms with E-state index in [1.54, 1.807) is 12.4 Å². The highest BCUT2D eigenvalue weighted by Crippen LogP contribution is 2.44. The van der Waals surface area contributed by atoms with Gasteiger partial charge in [-0.2, -0.15) is 0 Å². The summed E-state index contributed by atoms with van der Waals surface area (Å²) in [4.78, 5) is 23.6. The van der Waals surface area contributed by atoms with Gasteiger partial charge < -0.3 is 10.2 Å². The van der Waals surface area contributed by atoms with E-state index < -0.39 is 0 Å². The Bertz CT molecular complexity index is 768. The molecule has 1 aromatic heterocycles. The molecule has 142 valence electrons. The van der Waals surface area contributed by atoms with Crippen LogP contribution in [0.2, 0.25) is 0 Å². The maximum atomic E-state index is 12.8. The summed E-state index contributed by atoms with van der Waals surface area (Å²) in [6.45, 7) is 1.57. The van der Waals surface area contributed by atoms with Gasteiger partial charge >= 0.3 is 0 Å². The van der Waals surface area contributed by atoms with Crippen LogP contribution in [0.15, 0.2) is 42.7 Å². The zero-order chi connectivity index (χ0) is 18.5. The average Bonchev–Trinajstić information content (AvgIpc) is 2.75. The van der Waals surface area contributed by atoms with Gasteiger partial charge in [0.15, 0.2) is 0 Å². The van der Waals surface area contributed by atoms with Crippen LogP contribution in [0.1, 0.15) is 29.4 Å². The number of hydrogen-bond acceptors (Lipinski definition) is 6. The van der Waals surface area contributed by atoms with Crippen molar-refractivity contribution in [1.29, 1.82) is 0 Å². The van der Waals surface area contributed by atoms with Crippen molar-refractivity contribution in [2.45, 2.75) is 23.8 Å². The van der Waals surface area contributed by atoms with Crippen LogP contribution in [0.3, 0.4) is 0 Å². The third-order valence-corrected chi connectivity index (χ3v) is 7.90. The molecule has 1 atom stereocenters. The lowest BCUT2D eigenvalue weighted by Crippen LogP contribution is -2.41. The second-order valence-electron chi connectivity index (χ2n) is 6.88. The van der Waals surface area contributed by atoms with Crippen LogP contribution in [0, 0.1) is 5.92 Å². The quantitative estimate of drug-likeness (QED) is 0.830. The van der Waals surface area contributed by atoms with Crippen LogP contribution in [0.25, 0.3) is 0 Å². The largest absolute Gasteiger partial charge is 0.340 e. The van der Waals surface area contributed by atoms with Crippen LogP contribution in [-0.2, 0) is 4.79 Å². The van der Waals surface area contributed by atoms with Crippen LogP contribution >= 0.6 is 23.5 Å². The monoisotopic (exact) mass is 400 g/mol. The lowest BCUT2D eigenvalue weighted by Gasteiger charge is -2.32. The third kappa shape index (κ3) is 4.76. The number of nitrogens with zero attached hydrogens (tertiary/aromatic N) is 3. The van der Waals surface area contributed by atoms with Gasteiger partial charge in [0.25, 0.3) is 0 Å². The third-order valence-electron chi connectivity index (χ3n) is 4.88. The van der Waals surface area contributed by atoms with E-state index in [9.17, 15) is 4.79 Å². The fourth-order valence-electron chi connectivity index (χ4n) is 3.51. The van der Waals surface area contributed by atoms with Gasteiger partial charge in [0.1, 0.15) is 0 Å². The highest BCUT2D eigenvalue weighted by Gasteiger charge is 2.27.